The molecule has 1 aromatic rings. The largest absolute Gasteiger partial charge is 0.477 e. The molecule has 13 heteroatoms. The Kier molecular flexibility index (Phi) is 4.71. The standard InChI is InChI=1S/C12H14N6O5S2/c1-4(19)7-9(21)18-8(11(22)23)5(25-10(7)18)3-24-12-14-15-16-17(12)2-6(13)20/h4,7,10,19H,2-3H2,1H3,(H2,13,20)(H,22,23)/t4-,7?,10-/m1/s1. The normalized spacial score (nSPS) is 23.4. The fraction of sp³-hybridized carbons (Fsp3) is 0.500. The van der Waals surface area contributed by atoms with Crippen LogP contribution in [0, 0.1) is 5.92 Å². The van der Waals surface area contributed by atoms with E-state index in [9.17, 15) is 24.6 Å². The van der Waals surface area contributed by atoms with Gasteiger partial charge in [-0.3, -0.25) is 14.5 Å². The first-order valence-electron chi connectivity index (χ1n) is 7.12. The van der Waals surface area contributed by atoms with Gasteiger partial charge in [0.1, 0.15) is 17.6 Å². The van der Waals surface area contributed by atoms with E-state index in [1.54, 1.807) is 0 Å². The topological polar surface area (TPSA) is 165 Å². The number of rotatable bonds is 7. The number of carboxylic acids is 1. The van der Waals surface area contributed by atoms with Gasteiger partial charge in [0.2, 0.25) is 17.0 Å². The molecule has 1 saturated heterocycles. The molecule has 1 aromatic heterocycles. The minimum Gasteiger partial charge on any atom is -0.477 e. The lowest BCUT2D eigenvalue weighted by Crippen LogP contribution is -2.60. The Balaban J connectivity index is 1.76. The molecule has 1 unspecified atom stereocenters. The van der Waals surface area contributed by atoms with Crippen LogP contribution in [0.25, 0.3) is 0 Å². The van der Waals surface area contributed by atoms with Crippen molar-refractivity contribution in [3.63, 3.8) is 0 Å². The van der Waals surface area contributed by atoms with Gasteiger partial charge in [0, 0.05) is 10.7 Å². The van der Waals surface area contributed by atoms with Crippen molar-refractivity contribution < 1.29 is 24.6 Å². The number of fused-ring (bicyclic) bond motifs is 1. The fourth-order valence-electron chi connectivity index (χ4n) is 2.63. The van der Waals surface area contributed by atoms with E-state index in [1.165, 1.54) is 28.3 Å². The van der Waals surface area contributed by atoms with Crippen LogP contribution in [-0.2, 0) is 20.9 Å². The second kappa shape index (κ2) is 6.65. The zero-order chi connectivity index (χ0) is 18.3. The Bertz CT molecular complexity index is 778. The van der Waals surface area contributed by atoms with Gasteiger partial charge in [-0.25, -0.2) is 9.48 Å². The van der Waals surface area contributed by atoms with Crippen LogP contribution in [-0.4, -0.2) is 70.3 Å². The SMILES string of the molecule is C[C@@H](O)C1C(=O)N2C(C(=O)O)=C(CSc3nnnn3CC(N)=O)S[C@H]12. The molecule has 2 aliphatic heterocycles. The number of β-lactam (4-membered cyclic amide) rings is 1. The Hall–Kier alpha value is -2.12. The van der Waals surface area contributed by atoms with Crippen molar-refractivity contribution in [1.29, 1.82) is 0 Å². The summed E-state index contributed by atoms with van der Waals surface area (Å²) >= 11 is 2.37. The summed E-state index contributed by atoms with van der Waals surface area (Å²) in [5.74, 6) is -2.63. The van der Waals surface area contributed by atoms with Gasteiger partial charge in [-0.1, -0.05) is 11.8 Å². The van der Waals surface area contributed by atoms with Crippen molar-refractivity contribution in [1.82, 2.24) is 25.1 Å². The fourth-order valence-corrected chi connectivity index (χ4v) is 5.22. The van der Waals surface area contributed by atoms with E-state index in [0.717, 1.165) is 11.8 Å². The third kappa shape index (κ3) is 3.09. The number of nitrogens with zero attached hydrogens (tertiary/aromatic N) is 5. The summed E-state index contributed by atoms with van der Waals surface area (Å²) in [6.07, 6.45) is -0.855. The highest BCUT2D eigenvalue weighted by molar-refractivity contribution is 8.06. The summed E-state index contributed by atoms with van der Waals surface area (Å²) in [5.41, 5.74) is 5.03. The smallest absolute Gasteiger partial charge is 0.353 e. The molecule has 0 spiro atoms. The first-order valence-corrected chi connectivity index (χ1v) is 8.99. The molecule has 0 saturated carbocycles. The molecule has 0 aliphatic carbocycles. The second-order valence-corrected chi connectivity index (χ2v) is 7.59. The maximum absolute atomic E-state index is 12.1. The van der Waals surface area contributed by atoms with E-state index in [4.69, 9.17) is 5.73 Å². The lowest BCUT2D eigenvalue weighted by Gasteiger charge is -2.43. The highest BCUT2D eigenvalue weighted by Crippen LogP contribution is 2.51. The van der Waals surface area contributed by atoms with Gasteiger partial charge in [-0.15, -0.1) is 16.9 Å². The average molecular weight is 386 g/mol. The van der Waals surface area contributed by atoms with E-state index >= 15 is 0 Å². The van der Waals surface area contributed by atoms with Gasteiger partial charge in [-0.05, 0) is 17.4 Å². The summed E-state index contributed by atoms with van der Waals surface area (Å²) in [7, 11) is 0. The number of tetrazole rings is 1. The number of carbonyl (C=O) groups excluding carboxylic acids is 2. The number of hydrogen-bond donors (Lipinski definition) is 3. The summed E-state index contributed by atoms with van der Waals surface area (Å²) in [4.78, 5) is 36.3. The summed E-state index contributed by atoms with van der Waals surface area (Å²) < 4.78 is 1.21. The van der Waals surface area contributed by atoms with Crippen LogP contribution in [0.4, 0.5) is 0 Å². The van der Waals surface area contributed by atoms with Gasteiger partial charge >= 0.3 is 5.97 Å². The number of aliphatic carboxylic acids is 1. The summed E-state index contributed by atoms with van der Waals surface area (Å²) in [6.45, 7) is 1.32. The molecule has 0 aromatic carbocycles. The van der Waals surface area contributed by atoms with E-state index in [0.29, 0.717) is 10.1 Å². The van der Waals surface area contributed by atoms with Crippen molar-refractivity contribution in [2.45, 2.75) is 30.1 Å². The Morgan fingerprint density at radius 1 is 1.48 bits per heavy atom. The molecule has 11 nitrogen and oxygen atoms in total. The monoisotopic (exact) mass is 386 g/mol. The van der Waals surface area contributed by atoms with Crippen LogP contribution < -0.4 is 5.73 Å². The van der Waals surface area contributed by atoms with Crippen molar-refractivity contribution in [2.75, 3.05) is 5.75 Å². The number of aromatic nitrogens is 4. The molecule has 1 fully saturated rings. The van der Waals surface area contributed by atoms with Crippen LogP contribution in [0.5, 0.6) is 0 Å². The van der Waals surface area contributed by atoms with E-state index < -0.39 is 35.2 Å². The van der Waals surface area contributed by atoms with E-state index in [1.807, 2.05) is 0 Å². The van der Waals surface area contributed by atoms with Crippen LogP contribution in [0.3, 0.4) is 0 Å². The summed E-state index contributed by atoms with van der Waals surface area (Å²) in [5, 5.41) is 29.9. The minimum atomic E-state index is -1.21. The van der Waals surface area contributed by atoms with E-state index in [-0.39, 0.29) is 18.0 Å². The molecular formula is C12H14N6O5S2. The molecule has 0 radical (unpaired) electrons. The number of aliphatic hydroxyl groups excluding tert-OH is 1. The van der Waals surface area contributed by atoms with Crippen LogP contribution >= 0.6 is 23.5 Å². The highest BCUT2D eigenvalue weighted by Gasteiger charge is 2.57. The number of primary amides is 1. The third-order valence-corrected chi connectivity index (χ3v) is 6.25. The molecule has 2 aliphatic rings. The summed E-state index contributed by atoms with van der Waals surface area (Å²) in [6, 6.07) is 0. The highest BCUT2D eigenvalue weighted by atomic mass is 32.2. The molecule has 4 N–H and O–H groups in total. The van der Waals surface area contributed by atoms with Gasteiger partial charge in [0.05, 0.1) is 12.0 Å². The van der Waals surface area contributed by atoms with Crippen molar-refractivity contribution in [2.24, 2.45) is 11.7 Å². The number of nitrogens with two attached hydrogens (primary N) is 1. The maximum Gasteiger partial charge on any atom is 0.353 e. The quantitative estimate of drug-likeness (QED) is 0.369. The molecule has 25 heavy (non-hydrogen) atoms. The number of aliphatic hydroxyl groups is 1. The molecular weight excluding hydrogens is 372 g/mol. The van der Waals surface area contributed by atoms with Crippen LogP contribution in [0.15, 0.2) is 15.8 Å². The number of thioether (sulfide) groups is 2. The number of hydrogen-bond acceptors (Lipinski definition) is 9. The van der Waals surface area contributed by atoms with Crippen molar-refractivity contribution in [3.05, 3.63) is 10.6 Å². The number of amides is 2. The predicted molar refractivity (Wildman–Crippen MR) is 85.8 cm³/mol. The van der Waals surface area contributed by atoms with Crippen LogP contribution in [0.2, 0.25) is 0 Å². The zero-order valence-corrected chi connectivity index (χ0v) is 14.5. The first-order chi connectivity index (χ1) is 11.8. The molecule has 0 bridgehead atoms. The maximum atomic E-state index is 12.1. The molecule has 3 atom stereocenters. The lowest BCUT2D eigenvalue weighted by atomic mass is 9.92. The molecule has 3 rings (SSSR count). The predicted octanol–water partition coefficient (Wildman–Crippen LogP) is -1.54. The Morgan fingerprint density at radius 2 is 2.20 bits per heavy atom. The second-order valence-electron chi connectivity index (χ2n) is 5.43. The number of carboxylic acid groups (broad SMARTS) is 1. The van der Waals surface area contributed by atoms with Crippen molar-refractivity contribution >= 4 is 41.3 Å². The Labute approximate surface area is 149 Å². The van der Waals surface area contributed by atoms with Gasteiger partial charge in [0.15, 0.2) is 0 Å². The average Bonchev–Trinajstić information content (AvgIpc) is 3.06. The third-order valence-electron chi connectivity index (χ3n) is 3.71. The zero-order valence-electron chi connectivity index (χ0n) is 12.9. The Morgan fingerprint density at radius 3 is 2.80 bits per heavy atom. The number of carbonyl (C=O) groups is 3. The molecule has 2 amide bonds. The first kappa shape index (κ1) is 17.7. The van der Waals surface area contributed by atoms with Crippen LogP contribution in [0.1, 0.15) is 6.92 Å². The van der Waals surface area contributed by atoms with Crippen molar-refractivity contribution in [3.8, 4) is 0 Å². The van der Waals surface area contributed by atoms with E-state index in [2.05, 4.69) is 15.5 Å². The molecule has 3 heterocycles. The van der Waals surface area contributed by atoms with Gasteiger partial charge < -0.3 is 15.9 Å². The van der Waals surface area contributed by atoms with Gasteiger partial charge in [0.25, 0.3) is 0 Å². The lowest BCUT2D eigenvalue weighted by molar-refractivity contribution is -0.156. The molecule has 134 valence electrons. The minimum absolute atomic E-state index is 0.0849. The van der Waals surface area contributed by atoms with Gasteiger partial charge in [-0.2, -0.15) is 0 Å².